The average Bonchev–Trinajstić information content (AvgIpc) is 2.80. The van der Waals surface area contributed by atoms with Crippen LogP contribution in [0.15, 0.2) is 82.4 Å². The van der Waals surface area contributed by atoms with Crippen LogP contribution in [-0.2, 0) is 17.9 Å². The Morgan fingerprint density at radius 2 is 1.72 bits per heavy atom. The fourth-order valence-electron chi connectivity index (χ4n) is 3.50. The Balaban J connectivity index is 1.72. The molecule has 1 N–H and O–H groups in total. The number of amides is 1. The summed E-state index contributed by atoms with van der Waals surface area (Å²) in [7, 11) is 1.56. The summed E-state index contributed by atoms with van der Waals surface area (Å²) < 4.78 is 7.54. The topological polar surface area (TPSA) is 82.3 Å². The predicted octanol–water partition coefficient (Wildman–Crippen LogP) is 3.51. The van der Waals surface area contributed by atoms with E-state index >= 15 is 0 Å². The number of carbonyl (C=O) groups excluding carboxylic acids is 1. The molecule has 0 radical (unpaired) electrons. The van der Waals surface area contributed by atoms with Crippen LogP contribution in [0, 0.1) is 0 Å². The number of nitrogens with one attached hydrogen (secondary N) is 1. The molecule has 0 saturated carbocycles. The van der Waals surface area contributed by atoms with Crippen LogP contribution in [0.25, 0.3) is 10.9 Å². The number of para-hydroxylation sites is 1. The molecule has 1 heterocycles. The standard InChI is InChI=1S/C24H20ClN3O4/c1-32-19-11-9-18(10-12-19)26-22(29)15-27-21-8-3-2-7-20(21)23(30)28(24(27)31)14-16-5-4-6-17(25)13-16/h2-13H,14-15H2,1H3,(H,26,29). The molecule has 0 aliphatic carbocycles. The predicted molar refractivity (Wildman–Crippen MR) is 125 cm³/mol. The van der Waals surface area contributed by atoms with Crippen molar-refractivity contribution < 1.29 is 9.53 Å². The van der Waals surface area contributed by atoms with Crippen molar-refractivity contribution in [2.45, 2.75) is 13.1 Å². The van der Waals surface area contributed by atoms with Gasteiger partial charge in [-0.05, 0) is 54.1 Å². The van der Waals surface area contributed by atoms with Gasteiger partial charge in [-0.15, -0.1) is 0 Å². The van der Waals surface area contributed by atoms with Crippen molar-refractivity contribution in [1.29, 1.82) is 0 Å². The van der Waals surface area contributed by atoms with Gasteiger partial charge >= 0.3 is 5.69 Å². The minimum atomic E-state index is -0.571. The Labute approximate surface area is 188 Å². The summed E-state index contributed by atoms with van der Waals surface area (Å²) >= 11 is 6.05. The molecule has 4 aromatic rings. The highest BCUT2D eigenvalue weighted by Crippen LogP contribution is 2.16. The number of fused-ring (bicyclic) bond motifs is 1. The summed E-state index contributed by atoms with van der Waals surface area (Å²) in [5.41, 5.74) is 0.687. The third-order valence-electron chi connectivity index (χ3n) is 5.04. The molecule has 0 fully saturated rings. The molecule has 7 nitrogen and oxygen atoms in total. The van der Waals surface area contributed by atoms with Gasteiger partial charge < -0.3 is 10.1 Å². The number of hydrogen-bond acceptors (Lipinski definition) is 4. The molecule has 0 atom stereocenters. The molecule has 0 bridgehead atoms. The van der Waals surface area contributed by atoms with E-state index in [0.29, 0.717) is 32.9 Å². The maximum absolute atomic E-state index is 13.3. The van der Waals surface area contributed by atoms with Crippen molar-refractivity contribution in [3.63, 3.8) is 0 Å². The third kappa shape index (κ3) is 4.43. The molecular weight excluding hydrogens is 430 g/mol. The molecule has 4 rings (SSSR count). The number of rotatable bonds is 6. The molecule has 0 unspecified atom stereocenters. The van der Waals surface area contributed by atoms with Crippen LogP contribution in [0.5, 0.6) is 5.75 Å². The Morgan fingerprint density at radius 1 is 0.969 bits per heavy atom. The van der Waals surface area contributed by atoms with Crippen molar-refractivity contribution >= 4 is 34.1 Å². The van der Waals surface area contributed by atoms with E-state index in [1.807, 2.05) is 0 Å². The fraction of sp³-hybridized carbons (Fsp3) is 0.125. The first kappa shape index (κ1) is 21.4. The van der Waals surface area contributed by atoms with Crippen molar-refractivity contribution in [3.05, 3.63) is 104 Å². The Morgan fingerprint density at radius 3 is 2.44 bits per heavy atom. The summed E-state index contributed by atoms with van der Waals surface area (Å²) in [6, 6.07) is 20.6. The number of halogens is 1. The quantitative estimate of drug-likeness (QED) is 0.488. The molecule has 8 heteroatoms. The lowest BCUT2D eigenvalue weighted by Gasteiger charge is -2.14. The minimum absolute atomic E-state index is 0.0448. The summed E-state index contributed by atoms with van der Waals surface area (Å²) in [6.45, 7) is -0.204. The molecule has 0 aliphatic heterocycles. The molecule has 1 aromatic heterocycles. The van der Waals surface area contributed by atoms with Gasteiger partial charge in [0.15, 0.2) is 0 Å². The van der Waals surface area contributed by atoms with Crippen molar-refractivity contribution in [2.75, 3.05) is 12.4 Å². The average molecular weight is 450 g/mol. The van der Waals surface area contributed by atoms with Crippen molar-refractivity contribution in [2.24, 2.45) is 0 Å². The highest BCUT2D eigenvalue weighted by molar-refractivity contribution is 6.30. The number of methoxy groups -OCH3 is 1. The Bertz CT molecular complexity index is 1410. The van der Waals surface area contributed by atoms with Gasteiger partial charge in [0.2, 0.25) is 5.91 Å². The molecule has 0 spiro atoms. The van der Waals surface area contributed by atoms with Crippen LogP contribution >= 0.6 is 11.6 Å². The van der Waals surface area contributed by atoms with Gasteiger partial charge in [0.1, 0.15) is 12.3 Å². The van der Waals surface area contributed by atoms with Crippen LogP contribution < -0.4 is 21.3 Å². The van der Waals surface area contributed by atoms with Crippen LogP contribution in [0.3, 0.4) is 0 Å². The van der Waals surface area contributed by atoms with Gasteiger partial charge in [0.05, 0.1) is 24.6 Å². The van der Waals surface area contributed by atoms with Crippen molar-refractivity contribution in [1.82, 2.24) is 9.13 Å². The summed E-state index contributed by atoms with van der Waals surface area (Å²) in [5.74, 6) is 0.272. The van der Waals surface area contributed by atoms with Gasteiger partial charge in [0, 0.05) is 10.7 Å². The highest BCUT2D eigenvalue weighted by atomic mass is 35.5. The zero-order chi connectivity index (χ0) is 22.7. The van der Waals surface area contributed by atoms with E-state index in [4.69, 9.17) is 16.3 Å². The van der Waals surface area contributed by atoms with E-state index in [1.165, 1.54) is 4.57 Å². The van der Waals surface area contributed by atoms with Gasteiger partial charge in [-0.3, -0.25) is 18.7 Å². The number of hydrogen-bond donors (Lipinski definition) is 1. The van der Waals surface area contributed by atoms with Crippen LogP contribution in [0.2, 0.25) is 5.02 Å². The largest absolute Gasteiger partial charge is 0.497 e. The maximum atomic E-state index is 13.3. The first-order valence-electron chi connectivity index (χ1n) is 9.87. The van der Waals surface area contributed by atoms with Crippen LogP contribution in [-0.4, -0.2) is 22.2 Å². The molecule has 162 valence electrons. The zero-order valence-electron chi connectivity index (χ0n) is 17.2. The van der Waals surface area contributed by atoms with Gasteiger partial charge in [-0.1, -0.05) is 35.9 Å². The molecular formula is C24H20ClN3O4. The second-order valence-corrected chi connectivity index (χ2v) is 7.62. The van der Waals surface area contributed by atoms with E-state index in [-0.39, 0.29) is 13.1 Å². The Kier molecular flexibility index (Phi) is 6.09. The lowest BCUT2D eigenvalue weighted by molar-refractivity contribution is -0.116. The van der Waals surface area contributed by atoms with E-state index in [2.05, 4.69) is 5.32 Å². The first-order chi connectivity index (χ1) is 15.5. The SMILES string of the molecule is COc1ccc(NC(=O)Cn2c(=O)n(Cc3cccc(Cl)c3)c(=O)c3ccccc32)cc1. The van der Waals surface area contributed by atoms with Gasteiger partial charge in [0.25, 0.3) is 5.56 Å². The maximum Gasteiger partial charge on any atom is 0.332 e. The number of benzene rings is 3. The van der Waals surface area contributed by atoms with Crippen LogP contribution in [0.4, 0.5) is 5.69 Å². The fourth-order valence-corrected chi connectivity index (χ4v) is 3.71. The normalized spacial score (nSPS) is 10.8. The van der Waals surface area contributed by atoms with E-state index in [9.17, 15) is 14.4 Å². The monoisotopic (exact) mass is 449 g/mol. The van der Waals surface area contributed by atoms with E-state index in [1.54, 1.807) is 79.9 Å². The number of anilines is 1. The highest BCUT2D eigenvalue weighted by Gasteiger charge is 2.16. The van der Waals surface area contributed by atoms with Gasteiger partial charge in [-0.2, -0.15) is 0 Å². The summed E-state index contributed by atoms with van der Waals surface area (Å²) in [5, 5.41) is 3.63. The van der Waals surface area contributed by atoms with E-state index < -0.39 is 17.2 Å². The summed E-state index contributed by atoms with van der Waals surface area (Å²) in [6.07, 6.45) is 0. The minimum Gasteiger partial charge on any atom is -0.497 e. The molecule has 32 heavy (non-hydrogen) atoms. The lowest BCUT2D eigenvalue weighted by atomic mass is 10.2. The molecule has 0 aliphatic rings. The number of ether oxygens (including phenoxy) is 1. The van der Waals surface area contributed by atoms with E-state index in [0.717, 1.165) is 4.57 Å². The number of nitrogens with zero attached hydrogens (tertiary/aromatic N) is 2. The molecule has 3 aromatic carbocycles. The first-order valence-corrected chi connectivity index (χ1v) is 10.2. The van der Waals surface area contributed by atoms with Crippen molar-refractivity contribution in [3.8, 4) is 5.75 Å². The Hall–Kier alpha value is -3.84. The third-order valence-corrected chi connectivity index (χ3v) is 5.27. The molecule has 1 amide bonds. The zero-order valence-corrected chi connectivity index (χ0v) is 18.0. The number of carbonyl (C=O) groups is 1. The molecule has 0 saturated heterocycles. The smallest absolute Gasteiger partial charge is 0.332 e. The van der Waals surface area contributed by atoms with Gasteiger partial charge in [-0.25, -0.2) is 4.79 Å². The lowest BCUT2D eigenvalue weighted by Crippen LogP contribution is -2.42. The second-order valence-electron chi connectivity index (χ2n) is 7.18. The second kappa shape index (κ2) is 9.11. The number of aromatic nitrogens is 2. The summed E-state index contributed by atoms with van der Waals surface area (Å²) in [4.78, 5) is 39.0. The van der Waals surface area contributed by atoms with Crippen LogP contribution in [0.1, 0.15) is 5.56 Å².